The molecule has 5 nitrogen and oxygen atoms in total. The molecule has 1 aromatic heterocycles. The molecule has 6 heteroatoms. The zero-order valence-corrected chi connectivity index (χ0v) is 12.7. The van der Waals surface area contributed by atoms with E-state index in [0.29, 0.717) is 16.6 Å². The van der Waals surface area contributed by atoms with E-state index in [1.165, 1.54) is 0 Å². The Morgan fingerprint density at radius 1 is 1.38 bits per heavy atom. The van der Waals surface area contributed by atoms with Gasteiger partial charge in [0.05, 0.1) is 23.8 Å². The van der Waals surface area contributed by atoms with E-state index < -0.39 is 0 Å². The van der Waals surface area contributed by atoms with Crippen molar-refractivity contribution >= 4 is 17.4 Å². The van der Waals surface area contributed by atoms with Crippen LogP contribution in [-0.4, -0.2) is 55.3 Å². The summed E-state index contributed by atoms with van der Waals surface area (Å²) in [7, 11) is 0. The molecule has 2 fully saturated rings. The number of morpholine rings is 1. The van der Waals surface area contributed by atoms with Gasteiger partial charge in [0.25, 0.3) is 0 Å². The molecule has 3 heterocycles. The first-order chi connectivity index (χ1) is 10.3. The van der Waals surface area contributed by atoms with Gasteiger partial charge in [0.15, 0.2) is 0 Å². The van der Waals surface area contributed by atoms with Gasteiger partial charge in [0.2, 0.25) is 0 Å². The molecule has 21 heavy (non-hydrogen) atoms. The lowest BCUT2D eigenvalue weighted by Gasteiger charge is -2.33. The van der Waals surface area contributed by atoms with Crippen molar-refractivity contribution in [2.24, 2.45) is 0 Å². The van der Waals surface area contributed by atoms with Crippen LogP contribution in [0.15, 0.2) is 12.3 Å². The smallest absolute Gasteiger partial charge is 0.147 e. The van der Waals surface area contributed by atoms with E-state index in [2.05, 4.69) is 20.9 Å². The summed E-state index contributed by atoms with van der Waals surface area (Å²) in [5.74, 6) is 0.812. The molecular formula is C15H19ClN4O. The zero-order valence-electron chi connectivity index (χ0n) is 12.0. The fourth-order valence-electron chi connectivity index (χ4n) is 3.09. The minimum absolute atomic E-state index is 0.445. The highest BCUT2D eigenvalue weighted by atomic mass is 35.5. The number of hydrogen-bond donors (Lipinski definition) is 0. The summed E-state index contributed by atoms with van der Waals surface area (Å²) in [5, 5.41) is 9.48. The first-order valence-electron chi connectivity index (χ1n) is 7.40. The van der Waals surface area contributed by atoms with Crippen molar-refractivity contribution in [1.29, 1.82) is 5.26 Å². The van der Waals surface area contributed by atoms with Crippen LogP contribution in [0.2, 0.25) is 5.02 Å². The predicted octanol–water partition coefficient (Wildman–Crippen LogP) is 1.91. The number of halogens is 1. The highest BCUT2D eigenvalue weighted by Crippen LogP contribution is 2.30. The fraction of sp³-hybridized carbons (Fsp3) is 0.600. The third-order valence-electron chi connectivity index (χ3n) is 4.17. The molecule has 0 bridgehead atoms. The second-order valence-electron chi connectivity index (χ2n) is 5.54. The maximum atomic E-state index is 8.91. The quantitative estimate of drug-likeness (QED) is 0.854. The Labute approximate surface area is 130 Å². The summed E-state index contributed by atoms with van der Waals surface area (Å²) in [4.78, 5) is 9.14. The first kappa shape index (κ1) is 14.6. The third kappa shape index (κ3) is 3.29. The largest absolute Gasteiger partial charge is 0.379 e. The summed E-state index contributed by atoms with van der Waals surface area (Å²) in [5.41, 5.74) is 0.507. The number of anilines is 1. The van der Waals surface area contributed by atoms with Crippen molar-refractivity contribution in [3.05, 3.63) is 22.8 Å². The van der Waals surface area contributed by atoms with Gasteiger partial charge in [-0.15, -0.1) is 0 Å². The van der Waals surface area contributed by atoms with Crippen LogP contribution in [-0.2, 0) is 4.74 Å². The Morgan fingerprint density at radius 3 is 2.90 bits per heavy atom. The van der Waals surface area contributed by atoms with Gasteiger partial charge in [0, 0.05) is 38.4 Å². The third-order valence-corrected chi connectivity index (χ3v) is 4.45. The van der Waals surface area contributed by atoms with Gasteiger partial charge in [-0.1, -0.05) is 11.6 Å². The molecule has 1 aromatic rings. The van der Waals surface area contributed by atoms with E-state index in [9.17, 15) is 0 Å². The molecule has 0 spiro atoms. The molecule has 0 N–H and O–H groups in total. The minimum Gasteiger partial charge on any atom is -0.379 e. The molecule has 0 aliphatic carbocycles. The lowest BCUT2D eigenvalue weighted by molar-refractivity contribution is 0.0354. The SMILES string of the molecule is N#Cc1cnc(N2CCCC2CN2CCOCC2)c(Cl)c1. The van der Waals surface area contributed by atoms with E-state index >= 15 is 0 Å². The Hall–Kier alpha value is -1.35. The van der Waals surface area contributed by atoms with Crippen molar-refractivity contribution in [3.8, 4) is 6.07 Å². The molecule has 3 rings (SSSR count). The van der Waals surface area contributed by atoms with Crippen LogP contribution in [0.5, 0.6) is 0 Å². The van der Waals surface area contributed by atoms with Crippen molar-refractivity contribution in [2.75, 3.05) is 44.3 Å². The summed E-state index contributed by atoms with van der Waals surface area (Å²) in [6.45, 7) is 5.65. The molecule has 2 saturated heterocycles. The van der Waals surface area contributed by atoms with Crippen LogP contribution in [0.4, 0.5) is 5.82 Å². The summed E-state index contributed by atoms with van der Waals surface area (Å²) >= 11 is 6.31. The maximum absolute atomic E-state index is 8.91. The van der Waals surface area contributed by atoms with Crippen LogP contribution in [0, 0.1) is 11.3 Å². The van der Waals surface area contributed by atoms with E-state index in [1.807, 2.05) is 0 Å². The molecule has 0 amide bonds. The van der Waals surface area contributed by atoms with Gasteiger partial charge in [-0.25, -0.2) is 4.98 Å². The topological polar surface area (TPSA) is 52.4 Å². The molecule has 1 unspecified atom stereocenters. The van der Waals surface area contributed by atoms with Crippen LogP contribution in [0.1, 0.15) is 18.4 Å². The standard InChI is InChI=1S/C15H19ClN4O/c16-14-8-12(9-17)10-18-15(14)20-3-1-2-13(20)11-19-4-6-21-7-5-19/h8,10,13H,1-7,11H2. The Bertz CT molecular complexity index is 539. The van der Waals surface area contributed by atoms with Crippen molar-refractivity contribution < 1.29 is 4.74 Å². The number of nitriles is 1. The number of ether oxygens (including phenoxy) is 1. The van der Waals surface area contributed by atoms with Crippen molar-refractivity contribution in [1.82, 2.24) is 9.88 Å². The number of hydrogen-bond acceptors (Lipinski definition) is 5. The minimum atomic E-state index is 0.445. The van der Waals surface area contributed by atoms with Gasteiger partial charge in [0.1, 0.15) is 11.9 Å². The average Bonchev–Trinajstić information content (AvgIpc) is 2.96. The fourth-order valence-corrected chi connectivity index (χ4v) is 3.36. The first-order valence-corrected chi connectivity index (χ1v) is 7.78. The van der Waals surface area contributed by atoms with Crippen LogP contribution >= 0.6 is 11.6 Å². The molecular weight excluding hydrogens is 288 g/mol. The van der Waals surface area contributed by atoms with Crippen molar-refractivity contribution in [2.45, 2.75) is 18.9 Å². The molecule has 112 valence electrons. The van der Waals surface area contributed by atoms with E-state index in [1.54, 1.807) is 12.3 Å². The Kier molecular flexibility index (Phi) is 4.59. The molecule has 0 aromatic carbocycles. The molecule has 0 saturated carbocycles. The monoisotopic (exact) mass is 306 g/mol. The van der Waals surface area contributed by atoms with Crippen LogP contribution < -0.4 is 4.90 Å². The van der Waals surface area contributed by atoms with E-state index in [-0.39, 0.29) is 0 Å². The van der Waals surface area contributed by atoms with E-state index in [4.69, 9.17) is 21.6 Å². The Morgan fingerprint density at radius 2 is 2.19 bits per heavy atom. The second kappa shape index (κ2) is 6.61. The van der Waals surface area contributed by atoms with Crippen molar-refractivity contribution in [3.63, 3.8) is 0 Å². The normalized spacial score (nSPS) is 23.2. The van der Waals surface area contributed by atoms with E-state index in [0.717, 1.165) is 58.1 Å². The molecule has 1 atom stereocenters. The van der Waals surface area contributed by atoms with Gasteiger partial charge < -0.3 is 9.64 Å². The molecule has 2 aliphatic rings. The maximum Gasteiger partial charge on any atom is 0.147 e. The highest BCUT2D eigenvalue weighted by molar-refractivity contribution is 6.33. The van der Waals surface area contributed by atoms with Gasteiger partial charge in [-0.05, 0) is 18.9 Å². The summed E-state index contributed by atoms with van der Waals surface area (Å²) in [6.07, 6.45) is 3.92. The lowest BCUT2D eigenvalue weighted by Crippen LogP contribution is -2.45. The number of rotatable bonds is 3. The van der Waals surface area contributed by atoms with Gasteiger partial charge in [-0.3, -0.25) is 4.90 Å². The average molecular weight is 307 g/mol. The molecule has 2 aliphatic heterocycles. The van der Waals surface area contributed by atoms with Crippen LogP contribution in [0.3, 0.4) is 0 Å². The second-order valence-corrected chi connectivity index (χ2v) is 5.95. The highest BCUT2D eigenvalue weighted by Gasteiger charge is 2.29. The van der Waals surface area contributed by atoms with Crippen LogP contribution in [0.25, 0.3) is 0 Å². The summed E-state index contributed by atoms with van der Waals surface area (Å²) < 4.78 is 5.40. The number of aromatic nitrogens is 1. The molecule has 0 radical (unpaired) electrons. The van der Waals surface area contributed by atoms with Gasteiger partial charge >= 0.3 is 0 Å². The Balaban J connectivity index is 1.72. The lowest BCUT2D eigenvalue weighted by atomic mass is 10.2. The number of pyridine rings is 1. The zero-order chi connectivity index (χ0) is 14.7. The predicted molar refractivity (Wildman–Crippen MR) is 81.6 cm³/mol. The summed E-state index contributed by atoms with van der Waals surface area (Å²) in [6, 6.07) is 4.22. The van der Waals surface area contributed by atoms with Gasteiger partial charge in [-0.2, -0.15) is 5.26 Å². The number of nitrogens with zero attached hydrogens (tertiary/aromatic N) is 4.